The Morgan fingerprint density at radius 3 is 1.59 bits per heavy atom. The standard InChI is InChI=1S/C27H30F2O5/c28-27(29,25(16-30)33-18-22-12-6-2-7-13-22)26(34-19-23-14-8-3-9-15-23)24(31)20-32-17-21-10-4-1-5-11-21/h1-15,24-26,30-31H,16-20H2/t24-,25+,26-/m1/s1. The largest absolute Gasteiger partial charge is 0.393 e. The summed E-state index contributed by atoms with van der Waals surface area (Å²) in [6, 6.07) is 26.8. The predicted molar refractivity (Wildman–Crippen MR) is 124 cm³/mol. The van der Waals surface area contributed by atoms with Crippen molar-refractivity contribution >= 4 is 0 Å². The summed E-state index contributed by atoms with van der Waals surface area (Å²) in [6.07, 6.45) is -5.49. The van der Waals surface area contributed by atoms with Gasteiger partial charge >= 0.3 is 5.92 Å². The molecule has 2 N–H and O–H groups in total. The number of aliphatic hydroxyl groups is 2. The molecule has 0 aliphatic heterocycles. The molecule has 0 heterocycles. The van der Waals surface area contributed by atoms with Gasteiger partial charge in [-0.25, -0.2) is 8.78 Å². The van der Waals surface area contributed by atoms with Gasteiger partial charge in [0.05, 0.1) is 33.0 Å². The van der Waals surface area contributed by atoms with Gasteiger partial charge in [0.1, 0.15) is 12.2 Å². The van der Waals surface area contributed by atoms with Gasteiger partial charge in [-0.05, 0) is 16.7 Å². The molecule has 182 valence electrons. The second-order valence-corrected chi connectivity index (χ2v) is 7.93. The highest BCUT2D eigenvalue weighted by molar-refractivity contribution is 5.15. The smallest absolute Gasteiger partial charge is 0.304 e. The second-order valence-electron chi connectivity index (χ2n) is 7.93. The van der Waals surface area contributed by atoms with Crippen molar-refractivity contribution in [3.8, 4) is 0 Å². The van der Waals surface area contributed by atoms with Crippen LogP contribution in [0.2, 0.25) is 0 Å². The van der Waals surface area contributed by atoms with Gasteiger partial charge in [0.25, 0.3) is 0 Å². The lowest BCUT2D eigenvalue weighted by Crippen LogP contribution is -2.55. The molecule has 3 rings (SSSR count). The molecule has 3 atom stereocenters. The molecule has 34 heavy (non-hydrogen) atoms. The lowest BCUT2D eigenvalue weighted by atomic mass is 10.0. The van der Waals surface area contributed by atoms with E-state index in [0.29, 0.717) is 11.1 Å². The van der Waals surface area contributed by atoms with Crippen LogP contribution in [0.25, 0.3) is 0 Å². The van der Waals surface area contributed by atoms with Crippen molar-refractivity contribution < 1.29 is 33.2 Å². The Kier molecular flexibility index (Phi) is 10.1. The fraction of sp³-hybridized carbons (Fsp3) is 0.333. The van der Waals surface area contributed by atoms with Crippen LogP contribution in [0.1, 0.15) is 16.7 Å². The van der Waals surface area contributed by atoms with E-state index in [-0.39, 0.29) is 26.4 Å². The minimum absolute atomic E-state index is 0.117. The Morgan fingerprint density at radius 1 is 0.676 bits per heavy atom. The number of hydrogen-bond donors (Lipinski definition) is 2. The molecule has 0 aliphatic carbocycles. The number of hydrogen-bond acceptors (Lipinski definition) is 5. The summed E-state index contributed by atoms with van der Waals surface area (Å²) in [5.74, 6) is -3.70. The van der Waals surface area contributed by atoms with Crippen molar-refractivity contribution in [3.05, 3.63) is 108 Å². The number of alkyl halides is 2. The number of benzene rings is 3. The molecule has 0 bridgehead atoms. The summed E-state index contributed by atoms with van der Waals surface area (Å²) >= 11 is 0. The first-order valence-corrected chi connectivity index (χ1v) is 11.1. The van der Waals surface area contributed by atoms with Crippen LogP contribution in [0, 0.1) is 0 Å². The zero-order chi connectivity index (χ0) is 24.2. The fourth-order valence-electron chi connectivity index (χ4n) is 3.44. The van der Waals surface area contributed by atoms with Crippen LogP contribution >= 0.6 is 0 Å². The van der Waals surface area contributed by atoms with E-state index in [2.05, 4.69) is 0 Å². The molecule has 3 aromatic rings. The molecule has 0 radical (unpaired) electrons. The summed E-state index contributed by atoms with van der Waals surface area (Å²) in [6.45, 7) is -1.42. The molecular formula is C27H30F2O5. The Balaban J connectivity index is 1.69. The van der Waals surface area contributed by atoms with E-state index < -0.39 is 30.8 Å². The van der Waals surface area contributed by atoms with Crippen molar-refractivity contribution in [3.63, 3.8) is 0 Å². The average molecular weight is 473 g/mol. The third-order valence-electron chi connectivity index (χ3n) is 5.29. The highest BCUT2D eigenvalue weighted by atomic mass is 19.3. The molecule has 5 nitrogen and oxygen atoms in total. The highest BCUT2D eigenvalue weighted by Crippen LogP contribution is 2.31. The van der Waals surface area contributed by atoms with Gasteiger partial charge in [0, 0.05) is 0 Å². The molecule has 0 aromatic heterocycles. The predicted octanol–water partition coefficient (Wildman–Crippen LogP) is 4.36. The fourth-order valence-corrected chi connectivity index (χ4v) is 3.44. The van der Waals surface area contributed by atoms with Gasteiger partial charge in [0.15, 0.2) is 6.10 Å². The monoisotopic (exact) mass is 472 g/mol. The van der Waals surface area contributed by atoms with E-state index in [1.165, 1.54) is 0 Å². The molecule has 0 amide bonds. The molecule has 0 aliphatic rings. The summed E-state index contributed by atoms with van der Waals surface area (Å²) in [7, 11) is 0. The third-order valence-corrected chi connectivity index (χ3v) is 5.29. The minimum atomic E-state index is -3.70. The van der Waals surface area contributed by atoms with Crippen LogP contribution in [0.5, 0.6) is 0 Å². The Labute approximate surface area is 198 Å². The SMILES string of the molecule is OC[C@H](OCc1ccccc1)C(F)(F)[C@H](OCc1ccccc1)[C@H](O)COCc1ccccc1. The lowest BCUT2D eigenvalue weighted by molar-refractivity contribution is -0.249. The second kappa shape index (κ2) is 13.3. The average Bonchev–Trinajstić information content (AvgIpc) is 2.86. The van der Waals surface area contributed by atoms with Crippen molar-refractivity contribution in [2.24, 2.45) is 0 Å². The van der Waals surface area contributed by atoms with E-state index in [1.54, 1.807) is 60.7 Å². The van der Waals surface area contributed by atoms with Crippen LogP contribution in [-0.2, 0) is 34.0 Å². The number of ether oxygens (including phenoxy) is 3. The molecule has 3 aromatic carbocycles. The Bertz CT molecular complexity index is 941. The summed E-state index contributed by atoms with van der Waals surface area (Å²) < 4.78 is 47.4. The molecule has 0 spiro atoms. The van der Waals surface area contributed by atoms with Crippen molar-refractivity contribution in [2.75, 3.05) is 13.2 Å². The number of aliphatic hydroxyl groups excluding tert-OH is 2. The van der Waals surface area contributed by atoms with Gasteiger partial charge in [-0.2, -0.15) is 0 Å². The molecule has 0 saturated heterocycles. The van der Waals surface area contributed by atoms with Crippen molar-refractivity contribution in [1.29, 1.82) is 0 Å². The molecule has 0 fully saturated rings. The zero-order valence-corrected chi connectivity index (χ0v) is 18.8. The molecule has 7 heteroatoms. The Hall–Kier alpha value is -2.68. The zero-order valence-electron chi connectivity index (χ0n) is 18.8. The van der Waals surface area contributed by atoms with E-state index in [1.807, 2.05) is 30.3 Å². The normalized spacial score (nSPS) is 14.5. The summed E-state index contributed by atoms with van der Waals surface area (Å²) in [4.78, 5) is 0. The molecule has 0 saturated carbocycles. The van der Waals surface area contributed by atoms with E-state index in [4.69, 9.17) is 14.2 Å². The molecular weight excluding hydrogens is 442 g/mol. The first kappa shape index (κ1) is 25.9. The maximum Gasteiger partial charge on any atom is 0.304 e. The van der Waals surface area contributed by atoms with E-state index in [9.17, 15) is 10.2 Å². The number of rotatable bonds is 14. The summed E-state index contributed by atoms with van der Waals surface area (Å²) in [5.41, 5.74) is 2.21. The van der Waals surface area contributed by atoms with Gasteiger partial charge in [-0.1, -0.05) is 91.0 Å². The highest BCUT2D eigenvalue weighted by Gasteiger charge is 2.52. The van der Waals surface area contributed by atoms with E-state index in [0.717, 1.165) is 5.56 Å². The van der Waals surface area contributed by atoms with Crippen molar-refractivity contribution in [2.45, 2.75) is 44.1 Å². The lowest BCUT2D eigenvalue weighted by Gasteiger charge is -2.35. The van der Waals surface area contributed by atoms with Crippen molar-refractivity contribution in [1.82, 2.24) is 0 Å². The maximum atomic E-state index is 15.5. The minimum Gasteiger partial charge on any atom is -0.393 e. The van der Waals surface area contributed by atoms with Crippen LogP contribution in [0.15, 0.2) is 91.0 Å². The Morgan fingerprint density at radius 2 is 1.12 bits per heavy atom. The van der Waals surface area contributed by atoms with E-state index >= 15 is 8.78 Å². The quantitative estimate of drug-likeness (QED) is 0.365. The van der Waals surface area contributed by atoms with Crippen LogP contribution in [0.4, 0.5) is 8.78 Å². The number of halogens is 2. The van der Waals surface area contributed by atoms with Crippen LogP contribution in [0.3, 0.4) is 0 Å². The first-order chi connectivity index (χ1) is 16.5. The van der Waals surface area contributed by atoms with Crippen LogP contribution < -0.4 is 0 Å². The topological polar surface area (TPSA) is 68.2 Å². The van der Waals surface area contributed by atoms with Gasteiger partial charge in [-0.15, -0.1) is 0 Å². The molecule has 0 unspecified atom stereocenters. The first-order valence-electron chi connectivity index (χ1n) is 11.1. The summed E-state index contributed by atoms with van der Waals surface area (Å²) in [5, 5.41) is 20.4. The van der Waals surface area contributed by atoms with Gasteiger partial charge < -0.3 is 24.4 Å². The maximum absolute atomic E-state index is 15.5. The van der Waals surface area contributed by atoms with Gasteiger partial charge in [-0.3, -0.25) is 0 Å². The van der Waals surface area contributed by atoms with Crippen LogP contribution in [-0.4, -0.2) is 47.7 Å². The third kappa shape index (κ3) is 7.68. The van der Waals surface area contributed by atoms with Gasteiger partial charge in [0.2, 0.25) is 0 Å².